The van der Waals surface area contributed by atoms with Crippen molar-refractivity contribution in [2.24, 2.45) is 12.8 Å². The van der Waals surface area contributed by atoms with Crippen molar-refractivity contribution in [1.29, 1.82) is 0 Å². The Morgan fingerprint density at radius 3 is 2.62 bits per heavy atom. The molecule has 2 N–H and O–H groups in total. The van der Waals surface area contributed by atoms with Crippen LogP contribution in [0.25, 0.3) is 11.3 Å². The second-order valence-corrected chi connectivity index (χ2v) is 4.19. The monoisotopic (exact) mass is 215 g/mol. The highest BCUT2D eigenvalue weighted by molar-refractivity contribution is 5.59. The topological polar surface area (TPSA) is 43.8 Å². The van der Waals surface area contributed by atoms with Crippen LogP contribution >= 0.6 is 0 Å². The van der Waals surface area contributed by atoms with Gasteiger partial charge in [0.2, 0.25) is 0 Å². The van der Waals surface area contributed by atoms with Crippen LogP contribution in [-0.4, -0.2) is 15.8 Å². The van der Waals surface area contributed by atoms with Crippen molar-refractivity contribution in [1.82, 2.24) is 9.78 Å². The molecule has 1 aromatic heterocycles. The molecule has 2 aromatic rings. The number of nitrogens with zero attached hydrogens (tertiary/aromatic N) is 2. The predicted molar refractivity (Wildman–Crippen MR) is 66.0 cm³/mol. The smallest absolute Gasteiger partial charge is 0.0681 e. The summed E-state index contributed by atoms with van der Waals surface area (Å²) in [4.78, 5) is 0. The molecule has 0 saturated carbocycles. The molecule has 3 heteroatoms. The predicted octanol–water partition coefficient (Wildman–Crippen LogP) is 1.98. The molecule has 0 amide bonds. The van der Waals surface area contributed by atoms with E-state index in [-0.39, 0.29) is 6.04 Å². The molecule has 0 fully saturated rings. The minimum absolute atomic E-state index is 0.151. The first-order valence-electron chi connectivity index (χ1n) is 5.50. The summed E-state index contributed by atoms with van der Waals surface area (Å²) < 4.78 is 1.91. The molecule has 1 heterocycles. The van der Waals surface area contributed by atoms with Gasteiger partial charge in [0.1, 0.15) is 0 Å². The third-order valence-corrected chi connectivity index (χ3v) is 2.53. The maximum atomic E-state index is 5.77. The molecule has 0 aliphatic rings. The van der Waals surface area contributed by atoms with Crippen LogP contribution in [0.5, 0.6) is 0 Å². The van der Waals surface area contributed by atoms with Crippen molar-refractivity contribution < 1.29 is 0 Å². The maximum absolute atomic E-state index is 5.77. The lowest BCUT2D eigenvalue weighted by atomic mass is 10.1. The van der Waals surface area contributed by atoms with Gasteiger partial charge in [0.15, 0.2) is 0 Å². The second kappa shape index (κ2) is 4.49. The number of nitrogens with two attached hydrogens (primary N) is 1. The molecule has 1 unspecified atom stereocenters. The summed E-state index contributed by atoms with van der Waals surface area (Å²) in [5, 5.41) is 4.46. The van der Waals surface area contributed by atoms with Crippen molar-refractivity contribution in [3.8, 4) is 11.3 Å². The van der Waals surface area contributed by atoms with Gasteiger partial charge in [-0.3, -0.25) is 4.68 Å². The Morgan fingerprint density at radius 2 is 2.00 bits per heavy atom. The van der Waals surface area contributed by atoms with Crippen LogP contribution in [0.3, 0.4) is 0 Å². The van der Waals surface area contributed by atoms with E-state index in [1.54, 1.807) is 0 Å². The average Bonchev–Trinajstić information content (AvgIpc) is 2.60. The molecule has 1 atom stereocenters. The Balaban J connectivity index is 2.32. The highest BCUT2D eigenvalue weighted by Crippen LogP contribution is 2.19. The number of rotatable bonds is 3. The molecule has 0 aliphatic carbocycles. The van der Waals surface area contributed by atoms with Crippen LogP contribution in [0.4, 0.5) is 0 Å². The van der Waals surface area contributed by atoms with Crippen molar-refractivity contribution in [3.63, 3.8) is 0 Å². The Hall–Kier alpha value is -1.61. The van der Waals surface area contributed by atoms with Gasteiger partial charge in [0.25, 0.3) is 0 Å². The third-order valence-electron chi connectivity index (χ3n) is 2.53. The van der Waals surface area contributed by atoms with Gasteiger partial charge in [-0.2, -0.15) is 5.10 Å². The summed E-state index contributed by atoms with van der Waals surface area (Å²) in [7, 11) is 1.97. The van der Waals surface area contributed by atoms with Crippen LogP contribution < -0.4 is 5.73 Å². The minimum Gasteiger partial charge on any atom is -0.328 e. The van der Waals surface area contributed by atoms with Gasteiger partial charge in [-0.1, -0.05) is 30.3 Å². The number of aryl methyl sites for hydroxylation is 1. The lowest BCUT2D eigenvalue weighted by Gasteiger charge is -1.99. The van der Waals surface area contributed by atoms with Gasteiger partial charge >= 0.3 is 0 Å². The first kappa shape index (κ1) is 10.9. The molecule has 2 rings (SSSR count). The number of benzene rings is 1. The lowest BCUT2D eigenvalue weighted by Crippen LogP contribution is -2.18. The van der Waals surface area contributed by atoms with E-state index in [0.717, 1.165) is 17.8 Å². The quantitative estimate of drug-likeness (QED) is 0.850. The molecule has 16 heavy (non-hydrogen) atoms. The van der Waals surface area contributed by atoms with E-state index >= 15 is 0 Å². The van der Waals surface area contributed by atoms with Gasteiger partial charge in [-0.05, 0) is 18.6 Å². The van der Waals surface area contributed by atoms with Crippen LogP contribution in [0.2, 0.25) is 0 Å². The Morgan fingerprint density at radius 1 is 1.31 bits per heavy atom. The van der Waals surface area contributed by atoms with Crippen molar-refractivity contribution in [2.45, 2.75) is 19.4 Å². The summed E-state index contributed by atoms with van der Waals surface area (Å²) in [6, 6.07) is 12.5. The first-order chi connectivity index (χ1) is 7.66. The lowest BCUT2D eigenvalue weighted by molar-refractivity contribution is 0.687. The molecule has 0 aliphatic heterocycles. The van der Waals surface area contributed by atoms with Crippen molar-refractivity contribution in [3.05, 3.63) is 42.1 Å². The van der Waals surface area contributed by atoms with Gasteiger partial charge < -0.3 is 5.73 Å². The minimum atomic E-state index is 0.151. The van der Waals surface area contributed by atoms with Gasteiger partial charge in [-0.25, -0.2) is 0 Å². The van der Waals surface area contributed by atoms with Crippen LogP contribution in [0.15, 0.2) is 36.4 Å². The fraction of sp³-hybridized carbons (Fsp3) is 0.308. The highest BCUT2D eigenvalue weighted by Gasteiger charge is 2.08. The number of hydrogen-bond donors (Lipinski definition) is 1. The van der Waals surface area contributed by atoms with E-state index in [1.165, 1.54) is 5.56 Å². The van der Waals surface area contributed by atoms with Gasteiger partial charge in [0, 0.05) is 19.5 Å². The maximum Gasteiger partial charge on any atom is 0.0681 e. The molecular weight excluding hydrogens is 198 g/mol. The SMILES string of the molecule is CC(N)Cc1cc(-c2ccccc2)n(C)n1. The molecule has 0 bridgehead atoms. The molecule has 1 aromatic carbocycles. The van der Waals surface area contributed by atoms with E-state index in [1.807, 2.05) is 36.9 Å². The van der Waals surface area contributed by atoms with Crippen LogP contribution in [-0.2, 0) is 13.5 Å². The third kappa shape index (κ3) is 2.31. The standard InChI is InChI=1S/C13H17N3/c1-10(14)8-12-9-13(16(2)15-12)11-6-4-3-5-7-11/h3-7,9-10H,8,14H2,1-2H3. The largest absolute Gasteiger partial charge is 0.328 e. The Kier molecular flexibility index (Phi) is 3.06. The molecule has 0 radical (unpaired) electrons. The molecular formula is C13H17N3. The van der Waals surface area contributed by atoms with Crippen LogP contribution in [0, 0.1) is 0 Å². The average molecular weight is 215 g/mol. The zero-order chi connectivity index (χ0) is 11.5. The summed E-state index contributed by atoms with van der Waals surface area (Å²) in [6.07, 6.45) is 0.820. The van der Waals surface area contributed by atoms with E-state index in [2.05, 4.69) is 23.3 Å². The zero-order valence-corrected chi connectivity index (χ0v) is 9.72. The Labute approximate surface area is 95.9 Å². The molecule has 3 nitrogen and oxygen atoms in total. The first-order valence-corrected chi connectivity index (χ1v) is 5.50. The van der Waals surface area contributed by atoms with E-state index in [4.69, 9.17) is 5.73 Å². The summed E-state index contributed by atoms with van der Waals surface area (Å²) in [5.41, 5.74) is 9.15. The van der Waals surface area contributed by atoms with Crippen LogP contribution in [0.1, 0.15) is 12.6 Å². The number of hydrogen-bond acceptors (Lipinski definition) is 2. The summed E-state index contributed by atoms with van der Waals surface area (Å²) >= 11 is 0. The molecule has 0 spiro atoms. The van der Waals surface area contributed by atoms with E-state index < -0.39 is 0 Å². The highest BCUT2D eigenvalue weighted by atomic mass is 15.3. The fourth-order valence-electron chi connectivity index (χ4n) is 1.84. The molecule has 84 valence electrons. The van der Waals surface area contributed by atoms with Crippen molar-refractivity contribution >= 4 is 0 Å². The summed E-state index contributed by atoms with van der Waals surface area (Å²) in [6.45, 7) is 2.00. The normalized spacial score (nSPS) is 12.7. The zero-order valence-electron chi connectivity index (χ0n) is 9.72. The van der Waals surface area contributed by atoms with Crippen molar-refractivity contribution in [2.75, 3.05) is 0 Å². The number of aromatic nitrogens is 2. The van der Waals surface area contributed by atoms with E-state index in [0.29, 0.717) is 0 Å². The molecule has 0 saturated heterocycles. The Bertz CT molecular complexity index is 457. The van der Waals surface area contributed by atoms with Gasteiger partial charge in [-0.15, -0.1) is 0 Å². The fourth-order valence-corrected chi connectivity index (χ4v) is 1.84. The second-order valence-electron chi connectivity index (χ2n) is 4.19. The summed E-state index contributed by atoms with van der Waals surface area (Å²) in [5.74, 6) is 0. The van der Waals surface area contributed by atoms with E-state index in [9.17, 15) is 0 Å². The van der Waals surface area contributed by atoms with Gasteiger partial charge in [0.05, 0.1) is 11.4 Å².